The highest BCUT2D eigenvalue weighted by Gasteiger charge is 2.36. The Kier molecular flexibility index (Phi) is 8.30. The quantitative estimate of drug-likeness (QED) is 0.338. The van der Waals surface area contributed by atoms with Crippen molar-refractivity contribution in [2.24, 2.45) is 0 Å². The molecular formula is C20H32F2OSi. The molecule has 1 unspecified atom stereocenters. The molecule has 1 aromatic carbocycles. The maximum Gasteiger partial charge on any atom is 0.266 e. The lowest BCUT2D eigenvalue weighted by molar-refractivity contribution is 0.277. The number of rotatable bonds is 9. The first-order valence-corrected chi connectivity index (χ1v) is 11.8. The fourth-order valence-corrected chi connectivity index (χ4v) is 3.47. The molecule has 0 aliphatic heterocycles. The van der Waals surface area contributed by atoms with E-state index in [9.17, 15) is 8.78 Å². The maximum absolute atomic E-state index is 12.7. The van der Waals surface area contributed by atoms with Crippen LogP contribution in [-0.2, 0) is 4.43 Å². The van der Waals surface area contributed by atoms with Crippen molar-refractivity contribution in [2.45, 2.75) is 70.5 Å². The van der Waals surface area contributed by atoms with E-state index < -0.39 is 14.4 Å². The predicted octanol–water partition coefficient (Wildman–Crippen LogP) is 7.13. The van der Waals surface area contributed by atoms with Gasteiger partial charge in [-0.1, -0.05) is 63.9 Å². The predicted molar refractivity (Wildman–Crippen MR) is 101 cm³/mol. The van der Waals surface area contributed by atoms with Crippen LogP contribution in [0.1, 0.15) is 57.9 Å². The van der Waals surface area contributed by atoms with Gasteiger partial charge < -0.3 is 4.43 Å². The normalized spacial score (nSPS) is 13.6. The van der Waals surface area contributed by atoms with Gasteiger partial charge in [-0.25, -0.2) is 0 Å². The standard InChI is InChI=1S/C20H32F2OSi/c1-20(2,3)24(4,5)23-15-11-7-10-14-18(16-19(21)22)17-12-8-6-9-13-17/h6,8-9,12-13,16,18H,7,10-11,14-15H2,1-5H3. The third-order valence-corrected chi connectivity index (χ3v) is 9.52. The molecule has 136 valence electrons. The Morgan fingerprint density at radius 2 is 1.71 bits per heavy atom. The molecule has 1 rings (SSSR count). The summed E-state index contributed by atoms with van der Waals surface area (Å²) in [6, 6.07) is 9.56. The smallest absolute Gasteiger partial charge is 0.266 e. The minimum atomic E-state index is -1.67. The summed E-state index contributed by atoms with van der Waals surface area (Å²) >= 11 is 0. The average molecular weight is 355 g/mol. The van der Waals surface area contributed by atoms with Gasteiger partial charge >= 0.3 is 0 Å². The summed E-state index contributed by atoms with van der Waals surface area (Å²) in [6.07, 6.45) is 3.19. The zero-order chi connectivity index (χ0) is 18.2. The first kappa shape index (κ1) is 21.0. The Morgan fingerprint density at radius 3 is 2.25 bits per heavy atom. The molecule has 0 bridgehead atoms. The molecule has 0 saturated carbocycles. The second-order valence-corrected chi connectivity index (χ2v) is 12.7. The van der Waals surface area contributed by atoms with Gasteiger partial charge in [-0.2, -0.15) is 8.78 Å². The minimum absolute atomic E-state index is 0.197. The van der Waals surface area contributed by atoms with Gasteiger partial charge in [-0.3, -0.25) is 0 Å². The molecule has 0 spiro atoms. The zero-order valence-electron chi connectivity index (χ0n) is 15.7. The highest BCUT2D eigenvalue weighted by molar-refractivity contribution is 6.74. The summed E-state index contributed by atoms with van der Waals surface area (Å²) in [6.45, 7) is 12.0. The number of benzene rings is 1. The molecule has 1 aromatic rings. The van der Waals surface area contributed by atoms with E-state index in [4.69, 9.17) is 4.43 Å². The molecule has 0 fully saturated rings. The van der Waals surface area contributed by atoms with Gasteiger partial charge in [0, 0.05) is 12.5 Å². The van der Waals surface area contributed by atoms with E-state index in [-0.39, 0.29) is 11.0 Å². The lowest BCUT2D eigenvalue weighted by Crippen LogP contribution is -2.40. The molecule has 0 aliphatic carbocycles. The van der Waals surface area contributed by atoms with Crippen LogP contribution in [0.5, 0.6) is 0 Å². The van der Waals surface area contributed by atoms with Crippen LogP contribution in [0.15, 0.2) is 42.5 Å². The summed E-state index contributed by atoms with van der Waals surface area (Å²) in [5.41, 5.74) is 0.961. The molecule has 0 heterocycles. The van der Waals surface area contributed by atoms with Crippen LogP contribution in [0.4, 0.5) is 8.78 Å². The van der Waals surface area contributed by atoms with Gasteiger partial charge in [0.2, 0.25) is 0 Å². The molecule has 0 amide bonds. The minimum Gasteiger partial charge on any atom is -0.417 e. The van der Waals surface area contributed by atoms with E-state index >= 15 is 0 Å². The fourth-order valence-electron chi connectivity index (χ4n) is 2.39. The van der Waals surface area contributed by atoms with Crippen molar-refractivity contribution in [3.05, 3.63) is 48.1 Å². The Morgan fingerprint density at radius 1 is 1.08 bits per heavy atom. The molecule has 0 aliphatic rings. The van der Waals surface area contributed by atoms with E-state index in [0.717, 1.165) is 43.9 Å². The van der Waals surface area contributed by atoms with Crippen molar-refractivity contribution in [3.63, 3.8) is 0 Å². The molecule has 0 aromatic heterocycles. The van der Waals surface area contributed by atoms with Gasteiger partial charge in [0.1, 0.15) is 0 Å². The summed E-state index contributed by atoms with van der Waals surface area (Å²) in [5.74, 6) is -0.197. The number of allylic oxidation sites excluding steroid dienone is 1. The third-order valence-electron chi connectivity index (χ3n) is 4.98. The van der Waals surface area contributed by atoms with Crippen molar-refractivity contribution in [3.8, 4) is 0 Å². The van der Waals surface area contributed by atoms with Crippen LogP contribution in [0.25, 0.3) is 0 Å². The molecular weight excluding hydrogens is 322 g/mol. The first-order chi connectivity index (χ1) is 11.1. The zero-order valence-corrected chi connectivity index (χ0v) is 16.7. The summed E-state index contributed by atoms with van der Waals surface area (Å²) in [7, 11) is -1.67. The number of halogens is 2. The Hall–Kier alpha value is -1.00. The number of unbranched alkanes of at least 4 members (excludes halogenated alkanes) is 2. The molecule has 0 radical (unpaired) electrons. The lowest BCUT2D eigenvalue weighted by atomic mass is 9.93. The molecule has 0 saturated heterocycles. The second kappa shape index (κ2) is 9.47. The van der Waals surface area contributed by atoms with E-state index in [1.54, 1.807) is 0 Å². The SMILES string of the molecule is CC(C)(C)[Si](C)(C)OCCCCCC(C=C(F)F)c1ccccc1. The van der Waals surface area contributed by atoms with Crippen molar-refractivity contribution in [2.75, 3.05) is 6.61 Å². The van der Waals surface area contributed by atoms with Crippen LogP contribution in [0.2, 0.25) is 18.1 Å². The Balaban J connectivity index is 2.38. The van der Waals surface area contributed by atoms with Gasteiger partial charge in [0.05, 0.1) is 0 Å². The third kappa shape index (κ3) is 7.26. The highest BCUT2D eigenvalue weighted by atomic mass is 28.4. The maximum atomic E-state index is 12.7. The monoisotopic (exact) mass is 354 g/mol. The highest BCUT2D eigenvalue weighted by Crippen LogP contribution is 2.36. The molecule has 1 nitrogen and oxygen atoms in total. The summed E-state index contributed by atoms with van der Waals surface area (Å²) in [5, 5.41) is 0.231. The van der Waals surface area contributed by atoms with Crippen molar-refractivity contribution in [1.29, 1.82) is 0 Å². The van der Waals surface area contributed by atoms with E-state index in [1.807, 2.05) is 30.3 Å². The van der Waals surface area contributed by atoms with Gasteiger partial charge in [-0.15, -0.1) is 0 Å². The summed E-state index contributed by atoms with van der Waals surface area (Å²) < 4.78 is 31.5. The van der Waals surface area contributed by atoms with Gasteiger partial charge in [0.25, 0.3) is 6.08 Å². The number of hydrogen-bond acceptors (Lipinski definition) is 1. The molecule has 4 heteroatoms. The lowest BCUT2D eigenvalue weighted by Gasteiger charge is -2.36. The average Bonchev–Trinajstić information content (AvgIpc) is 2.48. The van der Waals surface area contributed by atoms with E-state index in [1.165, 1.54) is 0 Å². The Bertz CT molecular complexity index is 502. The molecule has 0 N–H and O–H groups in total. The van der Waals surface area contributed by atoms with Gasteiger partial charge in [-0.05, 0) is 42.6 Å². The van der Waals surface area contributed by atoms with Crippen LogP contribution in [0, 0.1) is 0 Å². The van der Waals surface area contributed by atoms with Gasteiger partial charge in [0.15, 0.2) is 8.32 Å². The van der Waals surface area contributed by atoms with Crippen molar-refractivity contribution >= 4 is 8.32 Å². The van der Waals surface area contributed by atoms with Crippen LogP contribution < -0.4 is 0 Å². The van der Waals surface area contributed by atoms with Crippen molar-refractivity contribution in [1.82, 2.24) is 0 Å². The van der Waals surface area contributed by atoms with Crippen LogP contribution >= 0.6 is 0 Å². The first-order valence-electron chi connectivity index (χ1n) is 8.85. The number of hydrogen-bond donors (Lipinski definition) is 0. The molecule has 1 atom stereocenters. The summed E-state index contributed by atoms with van der Waals surface area (Å²) in [4.78, 5) is 0. The van der Waals surface area contributed by atoms with Crippen LogP contribution in [-0.4, -0.2) is 14.9 Å². The largest absolute Gasteiger partial charge is 0.417 e. The topological polar surface area (TPSA) is 9.23 Å². The molecule has 24 heavy (non-hydrogen) atoms. The fraction of sp³-hybridized carbons (Fsp3) is 0.600. The second-order valence-electron chi connectivity index (χ2n) is 7.93. The Labute approximate surface area is 147 Å². The van der Waals surface area contributed by atoms with E-state index in [0.29, 0.717) is 0 Å². The van der Waals surface area contributed by atoms with Crippen molar-refractivity contribution < 1.29 is 13.2 Å². The van der Waals surface area contributed by atoms with E-state index in [2.05, 4.69) is 33.9 Å². The van der Waals surface area contributed by atoms with Crippen LogP contribution in [0.3, 0.4) is 0 Å².